The van der Waals surface area contributed by atoms with Gasteiger partial charge in [0.1, 0.15) is 17.2 Å². The minimum Gasteiger partial charge on any atom is -0.491 e. The molecule has 0 aliphatic rings. The number of benzene rings is 2. The normalized spacial score (nSPS) is 10.3. The van der Waals surface area contributed by atoms with Crippen molar-refractivity contribution in [3.8, 4) is 17.2 Å². The fraction of sp³-hybridized carbons (Fsp3) is 0.200. The molecule has 0 atom stereocenters. The third-order valence-electron chi connectivity index (χ3n) is 2.16. The third kappa shape index (κ3) is 3.52. The Bertz CT molecular complexity index is 463. The van der Waals surface area contributed by atoms with Crippen molar-refractivity contribution >= 4 is 0 Å². The highest BCUT2D eigenvalue weighted by Gasteiger charge is 2.01. The summed E-state index contributed by atoms with van der Waals surface area (Å²) >= 11 is 0. The lowest BCUT2D eigenvalue weighted by Gasteiger charge is -2.11. The second-order valence-corrected chi connectivity index (χ2v) is 4.06. The monoisotopic (exact) mass is 228 g/mol. The zero-order chi connectivity index (χ0) is 12.1. The first kappa shape index (κ1) is 11.5. The van der Waals surface area contributed by atoms with Crippen molar-refractivity contribution in [2.45, 2.75) is 20.0 Å². The highest BCUT2D eigenvalue weighted by Crippen LogP contribution is 2.25. The molecule has 2 nitrogen and oxygen atoms in total. The molecule has 0 spiro atoms. The molecule has 0 N–H and O–H groups in total. The van der Waals surface area contributed by atoms with Gasteiger partial charge in [-0.2, -0.15) is 0 Å². The first-order valence-electron chi connectivity index (χ1n) is 5.73. The largest absolute Gasteiger partial charge is 0.491 e. The van der Waals surface area contributed by atoms with E-state index in [1.54, 1.807) is 0 Å². The Morgan fingerprint density at radius 1 is 0.765 bits per heavy atom. The predicted octanol–water partition coefficient (Wildman–Crippen LogP) is 4.27. The standard InChI is InChI=1S/C15H16O2/c1-12(2)16-14-9-6-10-15(11-14)17-13-7-4-3-5-8-13/h3-12H,1-2H3. The smallest absolute Gasteiger partial charge is 0.131 e. The molecule has 0 radical (unpaired) electrons. The summed E-state index contributed by atoms with van der Waals surface area (Å²) in [6.07, 6.45) is 0.168. The Labute approximate surface area is 102 Å². The van der Waals surface area contributed by atoms with Gasteiger partial charge < -0.3 is 9.47 Å². The molecule has 0 fully saturated rings. The second kappa shape index (κ2) is 5.39. The van der Waals surface area contributed by atoms with Gasteiger partial charge in [-0.15, -0.1) is 0 Å². The SMILES string of the molecule is CC(C)Oc1cccc(Oc2ccccc2)c1. The summed E-state index contributed by atoms with van der Waals surface area (Å²) in [6, 6.07) is 17.4. The van der Waals surface area contributed by atoms with Crippen LogP contribution in [-0.4, -0.2) is 6.10 Å². The summed E-state index contributed by atoms with van der Waals surface area (Å²) < 4.78 is 11.3. The average Bonchev–Trinajstić information content (AvgIpc) is 2.30. The number of ether oxygens (including phenoxy) is 2. The van der Waals surface area contributed by atoms with Gasteiger partial charge in [-0.05, 0) is 38.1 Å². The summed E-state index contributed by atoms with van der Waals surface area (Å²) in [5.41, 5.74) is 0. The van der Waals surface area contributed by atoms with E-state index in [1.807, 2.05) is 68.4 Å². The van der Waals surface area contributed by atoms with Gasteiger partial charge in [0.05, 0.1) is 6.10 Å². The van der Waals surface area contributed by atoms with E-state index in [0.717, 1.165) is 17.2 Å². The van der Waals surface area contributed by atoms with Gasteiger partial charge in [0, 0.05) is 6.07 Å². The predicted molar refractivity (Wildman–Crippen MR) is 68.7 cm³/mol. The fourth-order valence-corrected chi connectivity index (χ4v) is 1.51. The molecule has 0 aliphatic heterocycles. The van der Waals surface area contributed by atoms with E-state index in [0.29, 0.717) is 0 Å². The molecule has 0 unspecified atom stereocenters. The molecule has 0 aromatic heterocycles. The Balaban J connectivity index is 2.11. The van der Waals surface area contributed by atoms with Crippen molar-refractivity contribution in [2.75, 3.05) is 0 Å². The maximum atomic E-state index is 5.72. The van der Waals surface area contributed by atoms with Gasteiger partial charge in [-0.25, -0.2) is 0 Å². The summed E-state index contributed by atoms with van der Waals surface area (Å²) in [7, 11) is 0. The maximum absolute atomic E-state index is 5.72. The molecule has 0 bridgehead atoms. The molecule has 0 heterocycles. The first-order valence-corrected chi connectivity index (χ1v) is 5.73. The quantitative estimate of drug-likeness (QED) is 0.778. The van der Waals surface area contributed by atoms with Crippen molar-refractivity contribution in [3.63, 3.8) is 0 Å². The maximum Gasteiger partial charge on any atom is 0.131 e. The van der Waals surface area contributed by atoms with Crippen LogP contribution in [0.2, 0.25) is 0 Å². The van der Waals surface area contributed by atoms with E-state index in [2.05, 4.69) is 0 Å². The Morgan fingerprint density at radius 3 is 2.12 bits per heavy atom. The van der Waals surface area contributed by atoms with E-state index < -0.39 is 0 Å². The van der Waals surface area contributed by atoms with Crippen LogP contribution >= 0.6 is 0 Å². The van der Waals surface area contributed by atoms with E-state index in [4.69, 9.17) is 9.47 Å². The molecule has 88 valence electrons. The van der Waals surface area contributed by atoms with Gasteiger partial charge in [-0.1, -0.05) is 24.3 Å². The zero-order valence-electron chi connectivity index (χ0n) is 10.1. The molecule has 0 amide bonds. The summed E-state index contributed by atoms with van der Waals surface area (Å²) in [5, 5.41) is 0. The number of hydrogen-bond donors (Lipinski definition) is 0. The molecule has 2 heteroatoms. The van der Waals surface area contributed by atoms with Crippen LogP contribution in [0.4, 0.5) is 0 Å². The van der Waals surface area contributed by atoms with E-state index in [9.17, 15) is 0 Å². The van der Waals surface area contributed by atoms with Crippen LogP contribution < -0.4 is 9.47 Å². The van der Waals surface area contributed by atoms with Crippen LogP contribution in [0.1, 0.15) is 13.8 Å². The number of rotatable bonds is 4. The minimum absolute atomic E-state index is 0.168. The lowest BCUT2D eigenvalue weighted by molar-refractivity contribution is 0.241. The van der Waals surface area contributed by atoms with Crippen molar-refractivity contribution < 1.29 is 9.47 Å². The lowest BCUT2D eigenvalue weighted by atomic mass is 10.3. The van der Waals surface area contributed by atoms with Crippen LogP contribution in [-0.2, 0) is 0 Å². The van der Waals surface area contributed by atoms with Gasteiger partial charge in [0.25, 0.3) is 0 Å². The molecule has 2 rings (SSSR count). The average molecular weight is 228 g/mol. The second-order valence-electron chi connectivity index (χ2n) is 4.06. The zero-order valence-corrected chi connectivity index (χ0v) is 10.1. The molecule has 0 saturated carbocycles. The van der Waals surface area contributed by atoms with Crippen LogP contribution in [0.15, 0.2) is 54.6 Å². The molecular formula is C15H16O2. The van der Waals surface area contributed by atoms with Gasteiger partial charge >= 0.3 is 0 Å². The number of hydrogen-bond acceptors (Lipinski definition) is 2. The van der Waals surface area contributed by atoms with Gasteiger partial charge in [0.15, 0.2) is 0 Å². The molecule has 0 aliphatic carbocycles. The lowest BCUT2D eigenvalue weighted by Crippen LogP contribution is -2.05. The summed E-state index contributed by atoms with van der Waals surface area (Å²) in [4.78, 5) is 0. The summed E-state index contributed by atoms with van der Waals surface area (Å²) in [6.45, 7) is 4.01. The third-order valence-corrected chi connectivity index (χ3v) is 2.16. The molecule has 0 saturated heterocycles. The highest BCUT2D eigenvalue weighted by atomic mass is 16.5. The first-order chi connectivity index (χ1) is 8.24. The van der Waals surface area contributed by atoms with Crippen molar-refractivity contribution in [1.82, 2.24) is 0 Å². The fourth-order valence-electron chi connectivity index (χ4n) is 1.51. The molecular weight excluding hydrogens is 212 g/mol. The van der Waals surface area contributed by atoms with E-state index >= 15 is 0 Å². The van der Waals surface area contributed by atoms with Crippen LogP contribution in [0.3, 0.4) is 0 Å². The van der Waals surface area contributed by atoms with Crippen LogP contribution in [0.5, 0.6) is 17.2 Å². The Hall–Kier alpha value is -1.96. The highest BCUT2D eigenvalue weighted by molar-refractivity contribution is 5.36. The minimum atomic E-state index is 0.168. The summed E-state index contributed by atoms with van der Waals surface area (Å²) in [5.74, 6) is 2.44. The Kier molecular flexibility index (Phi) is 3.66. The van der Waals surface area contributed by atoms with Crippen LogP contribution in [0.25, 0.3) is 0 Å². The van der Waals surface area contributed by atoms with Crippen molar-refractivity contribution in [3.05, 3.63) is 54.6 Å². The molecule has 17 heavy (non-hydrogen) atoms. The molecule has 2 aromatic rings. The van der Waals surface area contributed by atoms with Crippen molar-refractivity contribution in [1.29, 1.82) is 0 Å². The topological polar surface area (TPSA) is 18.5 Å². The van der Waals surface area contributed by atoms with E-state index in [1.165, 1.54) is 0 Å². The van der Waals surface area contributed by atoms with Crippen LogP contribution in [0, 0.1) is 0 Å². The van der Waals surface area contributed by atoms with Gasteiger partial charge in [0.2, 0.25) is 0 Å². The van der Waals surface area contributed by atoms with Crippen molar-refractivity contribution in [2.24, 2.45) is 0 Å². The molecule has 2 aromatic carbocycles. The van der Waals surface area contributed by atoms with E-state index in [-0.39, 0.29) is 6.10 Å². The van der Waals surface area contributed by atoms with Gasteiger partial charge in [-0.3, -0.25) is 0 Å². The number of para-hydroxylation sites is 1. The Morgan fingerprint density at radius 2 is 1.41 bits per heavy atom.